The van der Waals surface area contributed by atoms with Gasteiger partial charge in [-0.15, -0.1) is 0 Å². The number of benzene rings is 2. The van der Waals surface area contributed by atoms with Crippen LogP contribution >= 0.6 is 0 Å². The van der Waals surface area contributed by atoms with E-state index in [9.17, 15) is 9.18 Å². The van der Waals surface area contributed by atoms with Gasteiger partial charge < -0.3 is 14.4 Å². The Kier molecular flexibility index (Phi) is 6.23. The number of hydrogen-bond donors (Lipinski definition) is 0. The van der Waals surface area contributed by atoms with E-state index in [1.807, 2.05) is 20.0 Å². The number of likely N-dealkylation sites (tertiary alicyclic amines) is 1. The normalized spacial score (nSPS) is 19.9. The van der Waals surface area contributed by atoms with Crippen molar-refractivity contribution >= 4 is 5.91 Å². The van der Waals surface area contributed by atoms with Gasteiger partial charge in [0.1, 0.15) is 5.82 Å². The lowest BCUT2D eigenvalue weighted by atomic mass is 10.0. The minimum absolute atomic E-state index is 0.0630. The molecule has 2 aromatic carbocycles. The topological polar surface area (TPSA) is 42.0 Å². The number of nitrogens with zero attached hydrogens (tertiary/aromatic N) is 2. The molecule has 2 aromatic rings. The van der Waals surface area contributed by atoms with Crippen molar-refractivity contribution in [2.75, 3.05) is 33.4 Å². The van der Waals surface area contributed by atoms with Gasteiger partial charge in [-0.1, -0.05) is 18.2 Å². The second kappa shape index (κ2) is 9.04. The van der Waals surface area contributed by atoms with E-state index in [1.54, 1.807) is 17.0 Å². The second-order valence-electron chi connectivity index (χ2n) is 8.12. The zero-order chi connectivity index (χ0) is 21.1. The van der Waals surface area contributed by atoms with Gasteiger partial charge in [0.25, 0.3) is 0 Å². The van der Waals surface area contributed by atoms with Crippen molar-refractivity contribution in [1.29, 1.82) is 0 Å². The van der Waals surface area contributed by atoms with E-state index in [2.05, 4.69) is 17.0 Å². The monoisotopic (exact) mass is 412 g/mol. The van der Waals surface area contributed by atoms with E-state index in [-0.39, 0.29) is 23.8 Å². The number of likely N-dealkylation sites (N-methyl/N-ethyl adjacent to an activating group) is 1. The molecule has 2 aliphatic rings. The van der Waals surface area contributed by atoms with E-state index >= 15 is 0 Å². The second-order valence-corrected chi connectivity index (χ2v) is 8.12. The predicted molar refractivity (Wildman–Crippen MR) is 113 cm³/mol. The fourth-order valence-electron chi connectivity index (χ4n) is 4.25. The summed E-state index contributed by atoms with van der Waals surface area (Å²) in [6.07, 6.45) is 2.96. The Morgan fingerprint density at radius 1 is 1.13 bits per heavy atom. The first-order chi connectivity index (χ1) is 14.5. The number of ether oxygens (including phenoxy) is 2. The number of fused-ring (bicyclic) bond motifs is 1. The smallest absolute Gasteiger partial charge is 0.237 e. The molecule has 2 unspecified atom stereocenters. The van der Waals surface area contributed by atoms with Crippen LogP contribution in [0.15, 0.2) is 42.5 Å². The molecule has 160 valence electrons. The Balaban J connectivity index is 1.44. The summed E-state index contributed by atoms with van der Waals surface area (Å²) in [5.74, 6) is 1.39. The van der Waals surface area contributed by atoms with Crippen LogP contribution in [0.4, 0.5) is 4.39 Å². The maximum Gasteiger partial charge on any atom is 0.237 e. The molecule has 0 spiro atoms. The minimum Gasteiger partial charge on any atom is -0.490 e. The summed E-state index contributed by atoms with van der Waals surface area (Å²) < 4.78 is 24.8. The Hall–Kier alpha value is -2.60. The fourth-order valence-corrected chi connectivity index (χ4v) is 4.25. The minimum atomic E-state index is -0.269. The molecule has 1 amide bonds. The van der Waals surface area contributed by atoms with Gasteiger partial charge in [0.05, 0.1) is 25.8 Å². The third kappa shape index (κ3) is 4.43. The molecular weight excluding hydrogens is 383 g/mol. The lowest BCUT2D eigenvalue weighted by molar-refractivity contribution is -0.133. The number of halogens is 1. The number of amides is 1. The van der Waals surface area contributed by atoms with Crippen LogP contribution < -0.4 is 9.47 Å². The molecule has 0 bridgehead atoms. The maximum absolute atomic E-state index is 13.2. The van der Waals surface area contributed by atoms with Gasteiger partial charge in [-0.3, -0.25) is 9.69 Å². The van der Waals surface area contributed by atoms with Crippen molar-refractivity contribution in [2.24, 2.45) is 0 Å². The van der Waals surface area contributed by atoms with Gasteiger partial charge in [0.15, 0.2) is 11.5 Å². The molecule has 0 aromatic heterocycles. The van der Waals surface area contributed by atoms with Crippen LogP contribution in [0.5, 0.6) is 11.5 Å². The van der Waals surface area contributed by atoms with Crippen LogP contribution in [0.1, 0.15) is 49.4 Å². The van der Waals surface area contributed by atoms with Crippen LogP contribution in [-0.4, -0.2) is 49.1 Å². The van der Waals surface area contributed by atoms with Crippen molar-refractivity contribution in [3.8, 4) is 11.5 Å². The zero-order valence-corrected chi connectivity index (χ0v) is 17.6. The highest BCUT2D eigenvalue weighted by molar-refractivity contribution is 5.78. The number of carbonyl (C=O) groups is 1. The van der Waals surface area contributed by atoms with Crippen LogP contribution in [-0.2, 0) is 4.79 Å². The molecule has 1 fully saturated rings. The lowest BCUT2D eigenvalue weighted by Crippen LogP contribution is -2.39. The fraction of sp³-hybridized carbons (Fsp3) is 0.458. The average molecular weight is 413 g/mol. The molecule has 30 heavy (non-hydrogen) atoms. The highest BCUT2D eigenvalue weighted by Gasteiger charge is 2.30. The van der Waals surface area contributed by atoms with E-state index in [0.29, 0.717) is 19.8 Å². The Morgan fingerprint density at radius 2 is 1.87 bits per heavy atom. The molecule has 4 rings (SSSR count). The van der Waals surface area contributed by atoms with E-state index in [4.69, 9.17) is 9.47 Å². The quantitative estimate of drug-likeness (QED) is 0.733. The molecule has 6 heteroatoms. The molecule has 2 atom stereocenters. The molecule has 0 N–H and O–H groups in total. The molecule has 1 saturated heterocycles. The lowest BCUT2D eigenvalue weighted by Gasteiger charge is -2.30. The summed E-state index contributed by atoms with van der Waals surface area (Å²) >= 11 is 0. The van der Waals surface area contributed by atoms with E-state index in [1.165, 1.54) is 17.7 Å². The van der Waals surface area contributed by atoms with Crippen LogP contribution in [0.2, 0.25) is 0 Å². The average Bonchev–Trinajstić information content (AvgIpc) is 3.08. The first-order valence-electron chi connectivity index (χ1n) is 10.7. The molecule has 5 nitrogen and oxygen atoms in total. The summed E-state index contributed by atoms with van der Waals surface area (Å²) in [6.45, 7) is 4.56. The van der Waals surface area contributed by atoms with Gasteiger partial charge in [-0.05, 0) is 61.7 Å². The van der Waals surface area contributed by atoms with Gasteiger partial charge in [-0.25, -0.2) is 4.39 Å². The number of rotatable bonds is 5. The summed E-state index contributed by atoms with van der Waals surface area (Å²) in [5, 5.41) is 0. The molecular formula is C24H29FN2O3. The highest BCUT2D eigenvalue weighted by Crippen LogP contribution is 2.38. The summed E-state index contributed by atoms with van der Waals surface area (Å²) in [7, 11) is 1.81. The van der Waals surface area contributed by atoms with Crippen molar-refractivity contribution < 1.29 is 18.7 Å². The zero-order valence-electron chi connectivity index (χ0n) is 17.6. The van der Waals surface area contributed by atoms with Gasteiger partial charge in [-0.2, -0.15) is 0 Å². The molecule has 0 radical (unpaired) electrons. The van der Waals surface area contributed by atoms with Crippen molar-refractivity contribution in [3.63, 3.8) is 0 Å². The third-order valence-electron chi connectivity index (χ3n) is 6.19. The van der Waals surface area contributed by atoms with Gasteiger partial charge in [0.2, 0.25) is 5.91 Å². The van der Waals surface area contributed by atoms with E-state index < -0.39 is 0 Å². The highest BCUT2D eigenvalue weighted by atomic mass is 19.1. The predicted octanol–water partition coefficient (Wildman–Crippen LogP) is 4.34. The number of hydrogen-bond acceptors (Lipinski definition) is 4. The molecule has 2 heterocycles. The molecule has 0 saturated carbocycles. The van der Waals surface area contributed by atoms with Crippen molar-refractivity contribution in [3.05, 3.63) is 59.4 Å². The summed E-state index contributed by atoms with van der Waals surface area (Å²) in [5.41, 5.74) is 2.09. The van der Waals surface area contributed by atoms with E-state index in [0.717, 1.165) is 42.9 Å². The van der Waals surface area contributed by atoms with Crippen LogP contribution in [0, 0.1) is 5.82 Å². The van der Waals surface area contributed by atoms with Crippen LogP contribution in [0.3, 0.4) is 0 Å². The van der Waals surface area contributed by atoms with Gasteiger partial charge in [0, 0.05) is 19.5 Å². The Morgan fingerprint density at radius 3 is 2.63 bits per heavy atom. The van der Waals surface area contributed by atoms with Crippen molar-refractivity contribution in [1.82, 2.24) is 9.80 Å². The maximum atomic E-state index is 13.2. The SMILES string of the molecule is CC(c1ccc(F)cc1)N(C)C(=O)CN1CCCC1c1ccc2c(c1)OCCCO2. The first-order valence-corrected chi connectivity index (χ1v) is 10.7. The Labute approximate surface area is 177 Å². The number of carbonyl (C=O) groups excluding carboxylic acids is 1. The molecule has 2 aliphatic heterocycles. The summed E-state index contributed by atoms with van der Waals surface area (Å²) in [6, 6.07) is 12.6. The Bertz CT molecular complexity index is 887. The first kappa shape index (κ1) is 20.7. The van der Waals surface area contributed by atoms with Crippen molar-refractivity contribution in [2.45, 2.75) is 38.3 Å². The third-order valence-corrected chi connectivity index (χ3v) is 6.19. The largest absolute Gasteiger partial charge is 0.490 e. The summed E-state index contributed by atoms with van der Waals surface area (Å²) in [4.78, 5) is 17.0. The van der Waals surface area contributed by atoms with Gasteiger partial charge >= 0.3 is 0 Å². The molecule has 0 aliphatic carbocycles. The standard InChI is InChI=1S/C24H29FN2O3/c1-17(18-6-9-20(25)10-7-18)26(2)24(28)16-27-12-3-5-21(27)19-8-11-22-23(15-19)30-14-4-13-29-22/h6-11,15,17,21H,3-5,12-14,16H2,1-2H3. The van der Waals surface area contributed by atoms with Crippen LogP contribution in [0.25, 0.3) is 0 Å².